The predicted molar refractivity (Wildman–Crippen MR) is 241 cm³/mol. The van der Waals surface area contributed by atoms with Crippen molar-refractivity contribution >= 4 is 50.4 Å². The third-order valence-electron chi connectivity index (χ3n) is 10.9. The molecule has 0 bridgehead atoms. The van der Waals surface area contributed by atoms with Gasteiger partial charge in [0.15, 0.2) is 17.5 Å². The van der Waals surface area contributed by atoms with E-state index in [1.807, 2.05) is 30.0 Å². The Morgan fingerprint density at radius 1 is 0.345 bits per heavy atom. The average Bonchev–Trinajstić information content (AvgIpc) is 3.30. The second-order valence-electron chi connectivity index (χ2n) is 14.4. The minimum absolute atomic E-state index is 0.650. The molecule has 5 heteroatoms. The summed E-state index contributed by atoms with van der Waals surface area (Å²) in [7, 11) is 0. The van der Waals surface area contributed by atoms with Crippen molar-refractivity contribution < 1.29 is 0 Å². The number of rotatable bonds is 7. The second-order valence-corrected chi connectivity index (χ2v) is 15.5. The van der Waals surface area contributed by atoms with E-state index in [2.05, 4.69) is 193 Å². The van der Waals surface area contributed by atoms with Crippen molar-refractivity contribution in [3.63, 3.8) is 0 Å². The number of hydrogen-bond donors (Lipinski definition) is 0. The molecular weight excluding hydrogens is 725 g/mol. The van der Waals surface area contributed by atoms with E-state index in [1.54, 1.807) is 0 Å². The smallest absolute Gasteiger partial charge is 0.164 e. The molecule has 1 aliphatic heterocycles. The average molecular weight is 759 g/mol. The predicted octanol–water partition coefficient (Wildman–Crippen LogP) is 14.4. The van der Waals surface area contributed by atoms with E-state index in [-0.39, 0.29) is 0 Å². The lowest BCUT2D eigenvalue weighted by Crippen LogP contribution is -2.09. The molecule has 0 fully saturated rings. The molecule has 0 spiro atoms. The molecule has 1 aromatic heterocycles. The molecule has 9 aromatic carbocycles. The van der Waals surface area contributed by atoms with Gasteiger partial charge in [-0.15, -0.1) is 0 Å². The molecule has 0 N–H and O–H groups in total. The molecule has 10 aromatic rings. The highest BCUT2D eigenvalue weighted by atomic mass is 32.2. The van der Waals surface area contributed by atoms with Crippen molar-refractivity contribution in [3.05, 3.63) is 206 Å². The maximum atomic E-state index is 5.23. The monoisotopic (exact) mass is 758 g/mol. The molecule has 0 saturated heterocycles. The summed E-state index contributed by atoms with van der Waals surface area (Å²) >= 11 is 1.81. The molecular formula is C53H34N4S. The summed E-state index contributed by atoms with van der Waals surface area (Å²) in [5, 5.41) is 4.80. The molecule has 0 radical (unpaired) electrons. The molecule has 0 aliphatic carbocycles. The van der Waals surface area contributed by atoms with Crippen LogP contribution in [0.3, 0.4) is 0 Å². The van der Waals surface area contributed by atoms with Crippen molar-refractivity contribution in [1.82, 2.24) is 15.0 Å². The molecule has 4 nitrogen and oxygen atoms in total. The van der Waals surface area contributed by atoms with E-state index in [0.29, 0.717) is 17.5 Å². The Hall–Kier alpha value is -7.34. The first-order valence-corrected chi connectivity index (χ1v) is 20.3. The molecule has 272 valence electrons. The van der Waals surface area contributed by atoms with Gasteiger partial charge < -0.3 is 4.90 Å². The number of benzene rings is 9. The van der Waals surface area contributed by atoms with Crippen LogP contribution in [0.5, 0.6) is 0 Å². The standard InChI is InChI=1S/C53H34N4S/c1-4-15-37(16-5-1)51-54-52(39-27-26-35-14-10-11-17-38(35)34-39)56-53(55-51)46-24-13-25-47-50(46)45-23-12-22-44-43(32-33-48(58-47)49(44)45)36-28-30-42(31-29-36)57(40-18-6-2-7-19-40)41-20-8-3-9-21-41/h1-34H. The SMILES string of the molecule is c1ccc(-c2nc(-c3ccc4ccccc4c3)nc(-c3cccc4c3-c3cccc5c(-c6ccc(N(c7ccccc7)c7ccccc7)cc6)ccc(c35)S4)n2)cc1. The van der Waals surface area contributed by atoms with Crippen LogP contribution in [-0.4, -0.2) is 15.0 Å². The van der Waals surface area contributed by atoms with Gasteiger partial charge in [0, 0.05) is 54.5 Å². The molecule has 58 heavy (non-hydrogen) atoms. The number of para-hydroxylation sites is 2. The third-order valence-corrected chi connectivity index (χ3v) is 12.0. The molecule has 0 atom stereocenters. The van der Waals surface area contributed by atoms with E-state index in [9.17, 15) is 0 Å². The van der Waals surface area contributed by atoms with Crippen molar-refractivity contribution in [3.8, 4) is 56.4 Å². The topological polar surface area (TPSA) is 41.9 Å². The van der Waals surface area contributed by atoms with Crippen molar-refractivity contribution in [2.75, 3.05) is 4.90 Å². The zero-order valence-corrected chi connectivity index (χ0v) is 32.1. The lowest BCUT2D eigenvalue weighted by atomic mass is 9.90. The van der Waals surface area contributed by atoms with E-state index in [4.69, 9.17) is 15.0 Å². The summed E-state index contributed by atoms with van der Waals surface area (Å²) in [4.78, 5) is 20.2. The Labute approximate surface area is 341 Å². The first-order valence-electron chi connectivity index (χ1n) is 19.4. The number of hydrogen-bond acceptors (Lipinski definition) is 5. The number of aromatic nitrogens is 3. The fraction of sp³-hybridized carbons (Fsp3) is 0. The van der Waals surface area contributed by atoms with Crippen LogP contribution in [0.4, 0.5) is 17.1 Å². The van der Waals surface area contributed by atoms with Gasteiger partial charge in [-0.3, -0.25) is 0 Å². The van der Waals surface area contributed by atoms with Crippen molar-refractivity contribution in [2.45, 2.75) is 9.79 Å². The number of nitrogens with zero attached hydrogens (tertiary/aromatic N) is 4. The van der Waals surface area contributed by atoms with Crippen LogP contribution in [-0.2, 0) is 0 Å². The van der Waals surface area contributed by atoms with Gasteiger partial charge in [0.2, 0.25) is 0 Å². The van der Waals surface area contributed by atoms with Gasteiger partial charge in [-0.05, 0) is 87.4 Å². The maximum Gasteiger partial charge on any atom is 0.164 e. The fourth-order valence-electron chi connectivity index (χ4n) is 8.18. The lowest BCUT2D eigenvalue weighted by Gasteiger charge is -2.26. The van der Waals surface area contributed by atoms with Crippen molar-refractivity contribution in [1.29, 1.82) is 0 Å². The molecule has 0 saturated carbocycles. The second kappa shape index (κ2) is 14.3. The zero-order valence-electron chi connectivity index (χ0n) is 31.3. The Balaban J connectivity index is 1.04. The number of fused-ring (bicyclic) bond motifs is 3. The highest BCUT2D eigenvalue weighted by molar-refractivity contribution is 7.99. The van der Waals surface area contributed by atoms with Gasteiger partial charge in [-0.25, -0.2) is 15.0 Å². The van der Waals surface area contributed by atoms with E-state index in [1.165, 1.54) is 42.6 Å². The van der Waals surface area contributed by atoms with Crippen LogP contribution >= 0.6 is 11.8 Å². The van der Waals surface area contributed by atoms with E-state index in [0.717, 1.165) is 44.7 Å². The van der Waals surface area contributed by atoms with E-state index < -0.39 is 0 Å². The summed E-state index contributed by atoms with van der Waals surface area (Å²) in [6.45, 7) is 0. The number of anilines is 3. The summed E-state index contributed by atoms with van der Waals surface area (Å²) in [5.74, 6) is 1.96. The largest absolute Gasteiger partial charge is 0.311 e. The first-order chi connectivity index (χ1) is 28.7. The quantitative estimate of drug-likeness (QED) is 0.162. The Morgan fingerprint density at radius 2 is 0.931 bits per heavy atom. The van der Waals surface area contributed by atoms with E-state index >= 15 is 0 Å². The normalized spacial score (nSPS) is 11.7. The maximum absolute atomic E-state index is 5.23. The Bertz CT molecular complexity index is 3090. The van der Waals surface area contributed by atoms with Gasteiger partial charge in [0.1, 0.15) is 0 Å². The third kappa shape index (κ3) is 6.01. The summed E-state index contributed by atoms with van der Waals surface area (Å²) in [6, 6.07) is 72.8. The fourth-order valence-corrected chi connectivity index (χ4v) is 9.34. The molecule has 2 heterocycles. The van der Waals surface area contributed by atoms with Crippen molar-refractivity contribution in [2.24, 2.45) is 0 Å². The summed E-state index contributed by atoms with van der Waals surface area (Å²) in [5.41, 5.74) is 10.9. The highest BCUT2D eigenvalue weighted by Crippen LogP contribution is 2.52. The van der Waals surface area contributed by atoms with Gasteiger partial charge in [-0.2, -0.15) is 0 Å². The Kier molecular flexibility index (Phi) is 8.37. The van der Waals surface area contributed by atoms with Crippen LogP contribution in [0, 0.1) is 0 Å². The van der Waals surface area contributed by atoms with Crippen LogP contribution < -0.4 is 4.90 Å². The molecule has 0 amide bonds. The van der Waals surface area contributed by atoms with Crippen LogP contribution in [0.15, 0.2) is 216 Å². The van der Waals surface area contributed by atoms with Gasteiger partial charge >= 0.3 is 0 Å². The van der Waals surface area contributed by atoms with Gasteiger partial charge in [-0.1, -0.05) is 163 Å². The van der Waals surface area contributed by atoms with Crippen LogP contribution in [0.2, 0.25) is 0 Å². The molecule has 0 unspecified atom stereocenters. The minimum atomic E-state index is 0.650. The van der Waals surface area contributed by atoms with Gasteiger partial charge in [0.05, 0.1) is 0 Å². The minimum Gasteiger partial charge on any atom is -0.311 e. The molecule has 11 rings (SSSR count). The highest BCUT2D eigenvalue weighted by Gasteiger charge is 2.25. The van der Waals surface area contributed by atoms with Crippen LogP contribution in [0.1, 0.15) is 0 Å². The Morgan fingerprint density at radius 3 is 1.67 bits per heavy atom. The molecule has 1 aliphatic rings. The summed E-state index contributed by atoms with van der Waals surface area (Å²) in [6.07, 6.45) is 0. The zero-order chi connectivity index (χ0) is 38.4. The lowest BCUT2D eigenvalue weighted by molar-refractivity contribution is 1.07. The summed E-state index contributed by atoms with van der Waals surface area (Å²) < 4.78 is 0. The van der Waals surface area contributed by atoms with Gasteiger partial charge in [0.25, 0.3) is 0 Å². The van der Waals surface area contributed by atoms with Crippen LogP contribution in [0.25, 0.3) is 78.0 Å². The first kappa shape index (κ1) is 34.0.